The Morgan fingerprint density at radius 2 is 1.81 bits per heavy atom. The van der Waals surface area contributed by atoms with Crippen molar-refractivity contribution in [2.45, 2.75) is 63.7 Å². The number of halogens is 1. The molecule has 1 saturated carbocycles. The van der Waals surface area contributed by atoms with E-state index in [2.05, 4.69) is 18.1 Å². The summed E-state index contributed by atoms with van der Waals surface area (Å²) in [5, 5.41) is 4.02. The molecule has 0 saturated heterocycles. The lowest BCUT2D eigenvalue weighted by molar-refractivity contribution is 0.101. The SMILES string of the molecule is BC1(Nc2cc(Cl)ncc2C(C)=O)CCCCCCCC1. The van der Waals surface area contributed by atoms with Crippen molar-refractivity contribution in [3.8, 4) is 0 Å². The Kier molecular flexibility index (Phi) is 5.68. The number of ketones is 1. The summed E-state index contributed by atoms with van der Waals surface area (Å²) in [6, 6.07) is 1.77. The first kappa shape index (κ1) is 16.3. The first-order chi connectivity index (χ1) is 10.0. The first-order valence-electron chi connectivity index (χ1n) is 7.95. The van der Waals surface area contributed by atoms with E-state index in [4.69, 9.17) is 11.6 Å². The molecule has 1 aliphatic rings. The Labute approximate surface area is 133 Å². The number of pyridine rings is 1. The minimum atomic E-state index is 0.0216. The maximum absolute atomic E-state index is 11.8. The summed E-state index contributed by atoms with van der Waals surface area (Å²) in [7, 11) is 2.26. The van der Waals surface area contributed by atoms with Crippen molar-refractivity contribution in [3.05, 3.63) is 23.0 Å². The van der Waals surface area contributed by atoms with Gasteiger partial charge < -0.3 is 5.32 Å². The lowest BCUT2D eigenvalue weighted by Crippen LogP contribution is -2.39. The molecule has 1 aromatic heterocycles. The molecule has 114 valence electrons. The van der Waals surface area contributed by atoms with E-state index in [0.717, 1.165) is 18.5 Å². The Bertz CT molecular complexity index is 497. The third kappa shape index (κ3) is 4.74. The highest BCUT2D eigenvalue weighted by Crippen LogP contribution is 2.29. The summed E-state index contributed by atoms with van der Waals surface area (Å²) in [5.74, 6) is 0.0216. The number of anilines is 1. The molecule has 5 heteroatoms. The van der Waals surface area contributed by atoms with E-state index in [-0.39, 0.29) is 11.2 Å². The van der Waals surface area contributed by atoms with Crippen molar-refractivity contribution in [1.29, 1.82) is 0 Å². The van der Waals surface area contributed by atoms with E-state index in [1.54, 1.807) is 19.2 Å². The number of carbonyl (C=O) groups is 1. The van der Waals surface area contributed by atoms with E-state index in [1.807, 2.05) is 0 Å². The standard InChI is InChI=1S/C16H24BClN2O/c1-12(21)13-11-19-15(18)10-14(13)20-16(17)8-6-4-2-3-5-7-9-16/h10-11H,2-9,17H2,1H3,(H,19,20). The number of aromatic nitrogens is 1. The van der Waals surface area contributed by atoms with Crippen molar-refractivity contribution in [2.75, 3.05) is 5.32 Å². The van der Waals surface area contributed by atoms with Gasteiger partial charge in [-0.05, 0) is 25.8 Å². The molecule has 0 atom stereocenters. The van der Waals surface area contributed by atoms with E-state index in [1.165, 1.54) is 38.5 Å². The predicted octanol–water partition coefficient (Wildman–Crippen LogP) is 3.81. The van der Waals surface area contributed by atoms with Crippen LogP contribution in [0.3, 0.4) is 0 Å². The van der Waals surface area contributed by atoms with Gasteiger partial charge in [0, 0.05) is 17.3 Å². The normalized spacial score (nSPS) is 19.1. The fraction of sp³-hybridized carbons (Fsp3) is 0.625. The molecule has 1 aromatic rings. The molecule has 1 N–H and O–H groups in total. The highest BCUT2D eigenvalue weighted by atomic mass is 35.5. The topological polar surface area (TPSA) is 42.0 Å². The molecule has 0 aliphatic heterocycles. The zero-order valence-corrected chi connectivity index (χ0v) is 13.8. The van der Waals surface area contributed by atoms with Gasteiger partial charge in [-0.25, -0.2) is 4.98 Å². The van der Waals surface area contributed by atoms with Crippen LogP contribution in [0.25, 0.3) is 0 Å². The fourth-order valence-corrected chi connectivity index (χ4v) is 3.28. The third-order valence-electron chi connectivity index (χ3n) is 4.39. The minimum absolute atomic E-state index is 0.0216. The summed E-state index contributed by atoms with van der Waals surface area (Å²) < 4.78 is 0. The van der Waals surface area contributed by atoms with Crippen molar-refractivity contribution in [2.24, 2.45) is 0 Å². The van der Waals surface area contributed by atoms with Crippen LogP contribution in [0.4, 0.5) is 5.69 Å². The van der Waals surface area contributed by atoms with Crippen LogP contribution < -0.4 is 5.32 Å². The van der Waals surface area contributed by atoms with Gasteiger partial charge in [-0.2, -0.15) is 0 Å². The Balaban J connectivity index is 2.21. The van der Waals surface area contributed by atoms with Gasteiger partial charge in [0.2, 0.25) is 0 Å². The summed E-state index contributed by atoms with van der Waals surface area (Å²) in [6.07, 6.45) is 11.6. The van der Waals surface area contributed by atoms with Crippen LogP contribution in [-0.2, 0) is 0 Å². The van der Waals surface area contributed by atoms with Crippen LogP contribution in [0.2, 0.25) is 5.15 Å². The predicted molar refractivity (Wildman–Crippen MR) is 91.1 cm³/mol. The van der Waals surface area contributed by atoms with E-state index in [0.29, 0.717) is 10.7 Å². The van der Waals surface area contributed by atoms with Gasteiger partial charge in [0.05, 0.1) is 5.56 Å². The van der Waals surface area contributed by atoms with Gasteiger partial charge in [-0.1, -0.05) is 50.1 Å². The molecule has 0 spiro atoms. The summed E-state index contributed by atoms with van der Waals surface area (Å²) >= 11 is 6.01. The summed E-state index contributed by atoms with van der Waals surface area (Å²) in [5.41, 5.74) is 1.48. The molecule has 0 bridgehead atoms. The molecule has 1 heterocycles. The molecule has 2 rings (SSSR count). The number of rotatable bonds is 3. The number of nitrogens with one attached hydrogen (secondary N) is 1. The Morgan fingerprint density at radius 3 is 2.38 bits per heavy atom. The van der Waals surface area contributed by atoms with Gasteiger partial charge >= 0.3 is 0 Å². The minimum Gasteiger partial charge on any atom is -0.387 e. The van der Waals surface area contributed by atoms with Gasteiger partial charge in [-0.15, -0.1) is 0 Å². The third-order valence-corrected chi connectivity index (χ3v) is 4.60. The first-order valence-corrected chi connectivity index (χ1v) is 8.33. The highest BCUT2D eigenvalue weighted by Gasteiger charge is 2.25. The number of nitrogens with zero attached hydrogens (tertiary/aromatic N) is 1. The molecule has 0 unspecified atom stereocenters. The maximum Gasteiger partial charge on any atom is 0.163 e. The Morgan fingerprint density at radius 1 is 1.24 bits per heavy atom. The molecular formula is C16H24BClN2O. The average molecular weight is 307 g/mol. The van der Waals surface area contributed by atoms with Crippen molar-refractivity contribution >= 4 is 30.9 Å². The Hall–Kier alpha value is -1.03. The monoisotopic (exact) mass is 306 g/mol. The van der Waals surface area contributed by atoms with Crippen molar-refractivity contribution in [3.63, 3.8) is 0 Å². The molecular weight excluding hydrogens is 282 g/mol. The van der Waals surface area contributed by atoms with Gasteiger partial charge in [0.25, 0.3) is 0 Å². The number of hydrogen-bond donors (Lipinski definition) is 1. The van der Waals surface area contributed by atoms with Crippen molar-refractivity contribution in [1.82, 2.24) is 4.98 Å². The smallest absolute Gasteiger partial charge is 0.163 e. The molecule has 21 heavy (non-hydrogen) atoms. The van der Waals surface area contributed by atoms with Gasteiger partial charge in [0.1, 0.15) is 13.0 Å². The number of Topliss-reactive ketones (excluding diaryl/α,β-unsaturated/α-hetero) is 1. The van der Waals surface area contributed by atoms with Crippen LogP contribution in [0.5, 0.6) is 0 Å². The second kappa shape index (κ2) is 7.30. The molecule has 1 aliphatic carbocycles. The quantitative estimate of drug-likeness (QED) is 0.524. The van der Waals surface area contributed by atoms with Crippen LogP contribution in [0, 0.1) is 0 Å². The van der Waals surface area contributed by atoms with E-state index >= 15 is 0 Å². The number of carbonyl (C=O) groups excluding carboxylic acids is 1. The van der Waals surface area contributed by atoms with E-state index in [9.17, 15) is 4.79 Å². The van der Waals surface area contributed by atoms with Gasteiger partial charge in [-0.3, -0.25) is 4.79 Å². The second-order valence-corrected chi connectivity index (χ2v) is 6.80. The molecule has 0 aromatic carbocycles. The van der Waals surface area contributed by atoms with Crippen LogP contribution in [-0.4, -0.2) is 24.1 Å². The second-order valence-electron chi connectivity index (χ2n) is 6.42. The van der Waals surface area contributed by atoms with Crippen molar-refractivity contribution < 1.29 is 4.79 Å². The maximum atomic E-state index is 11.8. The summed E-state index contributed by atoms with van der Waals surface area (Å²) in [6.45, 7) is 1.57. The van der Waals surface area contributed by atoms with Crippen LogP contribution >= 0.6 is 11.6 Å². The van der Waals surface area contributed by atoms with Gasteiger partial charge in [0.15, 0.2) is 5.78 Å². The molecule has 3 nitrogen and oxygen atoms in total. The summed E-state index contributed by atoms with van der Waals surface area (Å²) in [4.78, 5) is 15.8. The zero-order valence-electron chi connectivity index (χ0n) is 13.0. The largest absolute Gasteiger partial charge is 0.387 e. The lowest BCUT2D eigenvalue weighted by Gasteiger charge is -2.33. The molecule has 0 amide bonds. The van der Waals surface area contributed by atoms with Crippen LogP contribution in [0.1, 0.15) is 68.6 Å². The average Bonchev–Trinajstić information content (AvgIpc) is 2.51. The molecule has 0 radical (unpaired) electrons. The molecule has 1 fully saturated rings. The lowest BCUT2D eigenvalue weighted by atomic mass is 9.70. The fourth-order valence-electron chi connectivity index (χ4n) is 3.13. The highest BCUT2D eigenvalue weighted by molar-refractivity contribution is 6.30. The van der Waals surface area contributed by atoms with E-state index < -0.39 is 0 Å². The number of hydrogen-bond acceptors (Lipinski definition) is 3. The zero-order chi connectivity index (χ0) is 15.3. The van der Waals surface area contributed by atoms with Crippen LogP contribution in [0.15, 0.2) is 12.3 Å².